The SMILES string of the molecule is CC(Cc1ccccc1OCCOCCc1ccccc1)N1CCOC(O)(c2csc(Cl)n2)C1. The van der Waals surface area contributed by atoms with Crippen LogP contribution in [-0.2, 0) is 28.1 Å². The Morgan fingerprint density at radius 3 is 2.74 bits per heavy atom. The molecule has 1 saturated heterocycles. The number of halogens is 1. The molecule has 2 aromatic carbocycles. The molecular weight excluding hydrogens is 472 g/mol. The van der Waals surface area contributed by atoms with Crippen LogP contribution in [0.15, 0.2) is 60.0 Å². The quantitative estimate of drug-likeness (QED) is 0.388. The number of nitrogens with zero attached hydrogens (tertiary/aromatic N) is 2. The monoisotopic (exact) mass is 502 g/mol. The number of aromatic nitrogens is 1. The molecule has 2 heterocycles. The first-order valence-corrected chi connectivity index (χ1v) is 12.8. The van der Waals surface area contributed by atoms with Crippen molar-refractivity contribution in [3.05, 3.63) is 81.3 Å². The highest BCUT2D eigenvalue weighted by atomic mass is 35.5. The zero-order valence-corrected chi connectivity index (χ0v) is 20.9. The smallest absolute Gasteiger partial charge is 0.224 e. The maximum atomic E-state index is 11.0. The van der Waals surface area contributed by atoms with Crippen molar-refractivity contribution in [2.75, 3.05) is 39.5 Å². The molecule has 0 saturated carbocycles. The molecule has 2 atom stereocenters. The summed E-state index contributed by atoms with van der Waals surface area (Å²) in [6.07, 6.45) is 1.69. The van der Waals surface area contributed by atoms with Gasteiger partial charge in [0.25, 0.3) is 0 Å². The Balaban J connectivity index is 1.26. The molecule has 6 nitrogen and oxygen atoms in total. The summed E-state index contributed by atoms with van der Waals surface area (Å²) in [5.41, 5.74) is 2.87. The standard InChI is InChI=1S/C26H31ClN2O4S/c1-20(29-12-14-33-26(30,19-29)24-18-34-25(27)28-24)17-22-9-5-6-10-23(22)32-16-15-31-13-11-21-7-3-2-4-8-21/h2-10,18,20,30H,11-17,19H2,1H3. The maximum absolute atomic E-state index is 11.0. The van der Waals surface area contributed by atoms with Gasteiger partial charge in [0.1, 0.15) is 18.1 Å². The summed E-state index contributed by atoms with van der Waals surface area (Å²) >= 11 is 7.26. The molecular formula is C26H31ClN2O4S. The lowest BCUT2D eigenvalue weighted by molar-refractivity contribution is -0.253. The Morgan fingerprint density at radius 1 is 1.15 bits per heavy atom. The topological polar surface area (TPSA) is 64.1 Å². The van der Waals surface area contributed by atoms with Gasteiger partial charge in [-0.1, -0.05) is 60.1 Å². The molecule has 0 spiro atoms. The Kier molecular flexibility index (Phi) is 8.94. The second-order valence-electron chi connectivity index (χ2n) is 8.45. The Labute approximate surface area is 210 Å². The van der Waals surface area contributed by atoms with Crippen molar-refractivity contribution in [1.82, 2.24) is 9.88 Å². The van der Waals surface area contributed by atoms with Crippen molar-refractivity contribution in [3.63, 3.8) is 0 Å². The van der Waals surface area contributed by atoms with Crippen molar-refractivity contribution < 1.29 is 19.3 Å². The minimum Gasteiger partial charge on any atom is -0.491 e. The maximum Gasteiger partial charge on any atom is 0.224 e. The molecule has 1 N–H and O–H groups in total. The Morgan fingerprint density at radius 2 is 1.94 bits per heavy atom. The van der Waals surface area contributed by atoms with Crippen LogP contribution in [0.3, 0.4) is 0 Å². The van der Waals surface area contributed by atoms with Gasteiger partial charge in [0.2, 0.25) is 5.79 Å². The predicted octanol–water partition coefficient (Wildman–Crippen LogP) is 4.54. The molecule has 182 valence electrons. The summed E-state index contributed by atoms with van der Waals surface area (Å²) in [4.78, 5) is 6.44. The third-order valence-corrected chi connectivity index (χ3v) is 6.97. The van der Waals surface area contributed by atoms with Crippen LogP contribution in [0.4, 0.5) is 0 Å². The third kappa shape index (κ3) is 6.78. The van der Waals surface area contributed by atoms with Gasteiger partial charge in [0.15, 0.2) is 4.47 Å². The fourth-order valence-corrected chi connectivity index (χ4v) is 4.92. The van der Waals surface area contributed by atoms with Crippen molar-refractivity contribution in [3.8, 4) is 5.75 Å². The lowest BCUT2D eigenvalue weighted by Gasteiger charge is -2.41. The first-order valence-electron chi connectivity index (χ1n) is 11.6. The van der Waals surface area contributed by atoms with Crippen LogP contribution in [0, 0.1) is 0 Å². The molecule has 0 aliphatic carbocycles. The number of ether oxygens (including phenoxy) is 3. The molecule has 0 bridgehead atoms. The van der Waals surface area contributed by atoms with Gasteiger partial charge in [-0.2, -0.15) is 0 Å². The average molecular weight is 503 g/mol. The summed E-state index contributed by atoms with van der Waals surface area (Å²) in [5, 5.41) is 12.8. The Bertz CT molecular complexity index is 1030. The van der Waals surface area contributed by atoms with Crippen LogP contribution in [-0.4, -0.2) is 60.5 Å². The van der Waals surface area contributed by atoms with Gasteiger partial charge in [0, 0.05) is 18.0 Å². The first kappa shape index (κ1) is 25.1. The van der Waals surface area contributed by atoms with Gasteiger partial charge < -0.3 is 19.3 Å². The predicted molar refractivity (Wildman–Crippen MR) is 135 cm³/mol. The number of hydrogen-bond donors (Lipinski definition) is 1. The average Bonchev–Trinajstić information content (AvgIpc) is 3.30. The second kappa shape index (κ2) is 12.1. The molecule has 2 unspecified atom stereocenters. The van der Waals surface area contributed by atoms with Gasteiger partial charge >= 0.3 is 0 Å². The van der Waals surface area contributed by atoms with E-state index in [1.807, 2.05) is 36.4 Å². The van der Waals surface area contributed by atoms with Crippen molar-refractivity contribution in [2.24, 2.45) is 0 Å². The minimum absolute atomic E-state index is 0.177. The largest absolute Gasteiger partial charge is 0.491 e. The highest BCUT2D eigenvalue weighted by Crippen LogP contribution is 2.31. The number of rotatable bonds is 11. The van der Waals surface area contributed by atoms with E-state index in [2.05, 4.69) is 35.0 Å². The van der Waals surface area contributed by atoms with Crippen molar-refractivity contribution in [2.45, 2.75) is 31.6 Å². The van der Waals surface area contributed by atoms with E-state index in [0.717, 1.165) is 30.7 Å². The summed E-state index contributed by atoms with van der Waals surface area (Å²) in [5.74, 6) is -0.570. The van der Waals surface area contributed by atoms with Gasteiger partial charge in [-0.3, -0.25) is 4.90 Å². The Hall–Kier alpha value is -2.00. The summed E-state index contributed by atoms with van der Waals surface area (Å²) in [7, 11) is 0. The molecule has 1 fully saturated rings. The van der Waals surface area contributed by atoms with Crippen LogP contribution >= 0.6 is 22.9 Å². The molecule has 34 heavy (non-hydrogen) atoms. The number of hydrogen-bond acceptors (Lipinski definition) is 7. The number of para-hydroxylation sites is 1. The van der Waals surface area contributed by atoms with E-state index in [1.165, 1.54) is 16.9 Å². The summed E-state index contributed by atoms with van der Waals surface area (Å²) in [6, 6.07) is 18.6. The van der Waals surface area contributed by atoms with Crippen LogP contribution in [0.25, 0.3) is 0 Å². The fourth-order valence-electron chi connectivity index (χ4n) is 4.10. The molecule has 8 heteroatoms. The van der Waals surface area contributed by atoms with E-state index < -0.39 is 5.79 Å². The number of aliphatic hydroxyl groups is 1. The number of thiazole rings is 1. The normalized spacial score (nSPS) is 19.7. The molecule has 4 rings (SSSR count). The zero-order chi connectivity index (χ0) is 23.8. The summed E-state index contributed by atoms with van der Waals surface area (Å²) < 4.78 is 17.9. The fraction of sp³-hybridized carbons (Fsp3) is 0.423. The number of β-amino-alcohol motifs (C(OH)–C–C–N with tert-alkyl or cyclic N) is 1. The van der Waals surface area contributed by atoms with Gasteiger partial charge in [0.05, 0.1) is 26.4 Å². The van der Waals surface area contributed by atoms with E-state index in [1.54, 1.807) is 5.38 Å². The summed E-state index contributed by atoms with van der Waals surface area (Å²) in [6.45, 7) is 5.38. The lowest BCUT2D eigenvalue weighted by Crippen LogP contribution is -2.53. The number of benzene rings is 2. The highest BCUT2D eigenvalue weighted by molar-refractivity contribution is 7.13. The lowest BCUT2D eigenvalue weighted by atomic mass is 10.0. The minimum atomic E-state index is -1.44. The number of morpholine rings is 1. The van der Waals surface area contributed by atoms with Crippen LogP contribution < -0.4 is 4.74 Å². The zero-order valence-electron chi connectivity index (χ0n) is 19.4. The van der Waals surface area contributed by atoms with Gasteiger partial charge in [-0.15, -0.1) is 11.3 Å². The third-order valence-electron chi connectivity index (χ3n) is 5.99. The van der Waals surface area contributed by atoms with Gasteiger partial charge in [-0.05, 0) is 37.0 Å². The highest BCUT2D eigenvalue weighted by Gasteiger charge is 2.40. The first-order chi connectivity index (χ1) is 16.5. The molecule has 0 amide bonds. The van der Waals surface area contributed by atoms with Crippen LogP contribution in [0.2, 0.25) is 4.47 Å². The van der Waals surface area contributed by atoms with E-state index in [9.17, 15) is 5.11 Å². The van der Waals surface area contributed by atoms with E-state index in [4.69, 9.17) is 25.8 Å². The molecule has 0 radical (unpaired) electrons. The molecule has 3 aromatic rings. The van der Waals surface area contributed by atoms with E-state index in [0.29, 0.717) is 43.1 Å². The van der Waals surface area contributed by atoms with Gasteiger partial charge in [-0.25, -0.2) is 4.98 Å². The molecule has 1 aromatic heterocycles. The van der Waals surface area contributed by atoms with Crippen molar-refractivity contribution >= 4 is 22.9 Å². The van der Waals surface area contributed by atoms with Crippen LogP contribution in [0.1, 0.15) is 23.7 Å². The van der Waals surface area contributed by atoms with Crippen molar-refractivity contribution in [1.29, 1.82) is 0 Å². The van der Waals surface area contributed by atoms with Crippen LogP contribution in [0.5, 0.6) is 5.75 Å². The van der Waals surface area contributed by atoms with E-state index in [-0.39, 0.29) is 6.04 Å². The molecule has 1 aliphatic rings. The molecule has 1 aliphatic heterocycles. The van der Waals surface area contributed by atoms with E-state index >= 15 is 0 Å². The second-order valence-corrected chi connectivity index (χ2v) is 9.89.